The van der Waals surface area contributed by atoms with Crippen molar-refractivity contribution in [2.75, 3.05) is 13.1 Å². The van der Waals surface area contributed by atoms with E-state index in [0.717, 1.165) is 23.4 Å². The number of halogens is 1. The molecular formula is C42H34FN7O10. The summed E-state index contributed by atoms with van der Waals surface area (Å²) >= 11 is 0. The SMILES string of the molecule is Cc1nc(C(=O)NCC(=O)O)c(O)c2ccn(Cc3ccccc3)c(=O)c12.O=C(O)CNC(=O)c1nc(-c2cncc(F)c2)c2c(=O)n(Cc3ccccc3)ccc2c1O. The number of aromatic hydroxyl groups is 2. The number of fused-ring (bicyclic) bond motifs is 2. The molecule has 7 aromatic rings. The van der Waals surface area contributed by atoms with E-state index in [1.165, 1.54) is 39.9 Å². The highest BCUT2D eigenvalue weighted by molar-refractivity contribution is 6.06. The first-order valence-corrected chi connectivity index (χ1v) is 17.9. The van der Waals surface area contributed by atoms with E-state index in [1.54, 1.807) is 6.92 Å². The fourth-order valence-electron chi connectivity index (χ4n) is 6.23. The number of aryl methyl sites for hydroxylation is 1. The van der Waals surface area contributed by atoms with Crippen LogP contribution in [0, 0.1) is 12.7 Å². The van der Waals surface area contributed by atoms with E-state index in [1.807, 2.05) is 60.7 Å². The van der Waals surface area contributed by atoms with E-state index in [-0.39, 0.29) is 56.3 Å². The number of carboxylic acid groups (broad SMARTS) is 2. The third-order valence-corrected chi connectivity index (χ3v) is 8.99. The number of aromatic nitrogens is 5. The van der Waals surface area contributed by atoms with E-state index in [4.69, 9.17) is 10.2 Å². The second kappa shape index (κ2) is 17.9. The Balaban J connectivity index is 0.000000205. The van der Waals surface area contributed by atoms with Crippen LogP contribution in [-0.2, 0) is 22.7 Å². The summed E-state index contributed by atoms with van der Waals surface area (Å²) in [4.78, 5) is 84.1. The number of carboxylic acids is 2. The Hall–Kier alpha value is -8.28. The zero-order chi connectivity index (χ0) is 43.1. The lowest BCUT2D eigenvalue weighted by atomic mass is 10.0. The number of carbonyl (C=O) groups excluding carboxylic acids is 2. The predicted octanol–water partition coefficient (Wildman–Crippen LogP) is 3.44. The summed E-state index contributed by atoms with van der Waals surface area (Å²) in [5.41, 5.74) is 0.447. The average Bonchev–Trinajstić information content (AvgIpc) is 3.23. The molecule has 0 radical (unpaired) electrons. The maximum absolute atomic E-state index is 13.9. The van der Waals surface area contributed by atoms with Gasteiger partial charge < -0.3 is 40.2 Å². The van der Waals surface area contributed by atoms with Crippen LogP contribution in [0.3, 0.4) is 0 Å². The lowest BCUT2D eigenvalue weighted by Gasteiger charge is -2.14. The van der Waals surface area contributed by atoms with Crippen molar-refractivity contribution in [3.8, 4) is 22.8 Å². The van der Waals surface area contributed by atoms with Crippen molar-refractivity contribution in [2.24, 2.45) is 0 Å². The molecule has 0 bridgehead atoms. The number of amides is 2. The first kappa shape index (κ1) is 41.4. The zero-order valence-corrected chi connectivity index (χ0v) is 31.5. The lowest BCUT2D eigenvalue weighted by molar-refractivity contribution is -0.136. The molecule has 0 spiro atoms. The molecule has 0 aliphatic rings. The normalized spacial score (nSPS) is 10.8. The highest BCUT2D eigenvalue weighted by atomic mass is 19.1. The molecule has 0 aliphatic carbocycles. The topological polar surface area (TPSA) is 256 Å². The van der Waals surface area contributed by atoms with Gasteiger partial charge in [0.25, 0.3) is 22.9 Å². The van der Waals surface area contributed by atoms with Crippen LogP contribution >= 0.6 is 0 Å². The van der Waals surface area contributed by atoms with E-state index in [0.29, 0.717) is 6.54 Å². The lowest BCUT2D eigenvalue weighted by Crippen LogP contribution is -2.30. The van der Waals surface area contributed by atoms with Gasteiger partial charge in [0.1, 0.15) is 18.9 Å². The minimum absolute atomic E-state index is 0.0130. The second-order valence-corrected chi connectivity index (χ2v) is 13.1. The Bertz CT molecular complexity index is 2920. The maximum atomic E-state index is 13.9. The third-order valence-electron chi connectivity index (χ3n) is 8.99. The van der Waals surface area contributed by atoms with Crippen molar-refractivity contribution >= 4 is 45.3 Å². The zero-order valence-electron chi connectivity index (χ0n) is 31.5. The van der Waals surface area contributed by atoms with E-state index in [2.05, 4.69) is 25.6 Å². The number of pyridine rings is 5. The number of nitrogens with zero attached hydrogens (tertiary/aromatic N) is 5. The summed E-state index contributed by atoms with van der Waals surface area (Å²) in [5.74, 6) is -6.03. The molecule has 2 aromatic carbocycles. The van der Waals surface area contributed by atoms with Crippen LogP contribution in [0.2, 0.25) is 0 Å². The summed E-state index contributed by atoms with van der Waals surface area (Å²) in [6, 6.07) is 22.7. The molecule has 0 aliphatic heterocycles. The summed E-state index contributed by atoms with van der Waals surface area (Å²) in [6.45, 7) is 0.849. The van der Waals surface area contributed by atoms with Gasteiger partial charge in [0, 0.05) is 34.9 Å². The summed E-state index contributed by atoms with van der Waals surface area (Å²) in [5, 5.41) is 43.2. The van der Waals surface area contributed by atoms with Crippen LogP contribution in [0.1, 0.15) is 37.8 Å². The molecule has 0 saturated carbocycles. The number of nitrogens with one attached hydrogen (secondary N) is 2. The van der Waals surface area contributed by atoms with E-state index < -0.39 is 65.4 Å². The van der Waals surface area contributed by atoms with Crippen molar-refractivity contribution in [3.05, 3.63) is 158 Å². The van der Waals surface area contributed by atoms with Gasteiger partial charge in [-0.1, -0.05) is 60.7 Å². The number of hydrogen-bond acceptors (Lipinski definition) is 11. The Morgan fingerprint density at radius 2 is 1.13 bits per heavy atom. The van der Waals surface area contributed by atoms with Crippen molar-refractivity contribution < 1.29 is 44.0 Å². The van der Waals surface area contributed by atoms with E-state index >= 15 is 0 Å². The van der Waals surface area contributed by atoms with Crippen LogP contribution in [0.25, 0.3) is 32.8 Å². The van der Waals surface area contributed by atoms with Gasteiger partial charge in [0.2, 0.25) is 0 Å². The standard InChI is InChI=1S/C23H17FN4O5.C19H17N3O5/c24-15-8-14(9-25-10-15)19-18-16(21(31)20(27-19)22(32)26-11-17(29)30)6-7-28(23(18)33)12-13-4-2-1-3-5-13;1-11-15-13(17(25)16(21-11)18(26)20-9-14(23)24)7-8-22(19(15)27)10-12-5-3-2-4-6-12/h1-10,31H,11-12H2,(H,26,32)(H,29,30);2-8,25H,9-10H2,1H3,(H,20,26)(H,23,24). The molecule has 6 N–H and O–H groups in total. The van der Waals surface area contributed by atoms with E-state index in [9.17, 15) is 43.4 Å². The number of hydrogen-bond donors (Lipinski definition) is 6. The van der Waals surface area contributed by atoms with Gasteiger partial charge >= 0.3 is 11.9 Å². The Morgan fingerprint density at radius 1 is 0.667 bits per heavy atom. The minimum atomic E-state index is -1.29. The molecule has 0 fully saturated rings. The maximum Gasteiger partial charge on any atom is 0.322 e. The number of rotatable bonds is 11. The van der Waals surface area contributed by atoms with Crippen LogP contribution in [-0.4, -0.2) is 81.4 Å². The van der Waals surface area contributed by atoms with Gasteiger partial charge in [-0.05, 0) is 36.2 Å². The quantitative estimate of drug-likeness (QED) is 0.110. The van der Waals surface area contributed by atoms with Crippen LogP contribution in [0.5, 0.6) is 11.5 Å². The molecule has 0 atom stereocenters. The second-order valence-electron chi connectivity index (χ2n) is 13.1. The first-order valence-electron chi connectivity index (χ1n) is 17.9. The smallest absolute Gasteiger partial charge is 0.322 e. The molecule has 60 heavy (non-hydrogen) atoms. The van der Waals surface area contributed by atoms with Gasteiger partial charge in [0.15, 0.2) is 22.9 Å². The molecule has 7 rings (SSSR count). The average molecular weight is 816 g/mol. The molecule has 5 aromatic heterocycles. The molecule has 2 amide bonds. The van der Waals surface area contributed by atoms with Crippen LogP contribution < -0.4 is 21.8 Å². The van der Waals surface area contributed by atoms with Gasteiger partial charge in [-0.3, -0.25) is 33.8 Å². The summed E-state index contributed by atoms with van der Waals surface area (Å²) in [6.07, 6.45) is 5.24. The Labute approximate surface area is 337 Å². The minimum Gasteiger partial charge on any atom is -0.505 e. The molecule has 18 heteroatoms. The molecule has 17 nitrogen and oxygen atoms in total. The monoisotopic (exact) mass is 815 g/mol. The fraction of sp³-hybridized carbons (Fsp3) is 0.119. The third kappa shape index (κ3) is 9.13. The molecule has 5 heterocycles. The molecule has 0 saturated heterocycles. The van der Waals surface area contributed by atoms with Crippen molar-refractivity contribution in [1.82, 2.24) is 34.7 Å². The van der Waals surface area contributed by atoms with Gasteiger partial charge in [0.05, 0.1) is 41.4 Å². The Kier molecular flexibility index (Phi) is 12.3. The summed E-state index contributed by atoms with van der Waals surface area (Å²) in [7, 11) is 0. The van der Waals surface area contributed by atoms with Gasteiger partial charge in [-0.25, -0.2) is 14.4 Å². The van der Waals surface area contributed by atoms with Gasteiger partial charge in [-0.2, -0.15) is 0 Å². The van der Waals surface area contributed by atoms with Crippen LogP contribution in [0.15, 0.2) is 113 Å². The van der Waals surface area contributed by atoms with Crippen molar-refractivity contribution in [2.45, 2.75) is 20.0 Å². The highest BCUT2D eigenvalue weighted by Crippen LogP contribution is 2.33. The first-order chi connectivity index (χ1) is 28.7. The highest BCUT2D eigenvalue weighted by Gasteiger charge is 2.24. The molecular weight excluding hydrogens is 781 g/mol. The fourth-order valence-corrected chi connectivity index (χ4v) is 6.23. The van der Waals surface area contributed by atoms with Crippen molar-refractivity contribution in [3.63, 3.8) is 0 Å². The van der Waals surface area contributed by atoms with Gasteiger partial charge in [-0.15, -0.1) is 0 Å². The molecule has 0 unspecified atom stereocenters. The van der Waals surface area contributed by atoms with Crippen LogP contribution in [0.4, 0.5) is 4.39 Å². The molecule has 304 valence electrons. The number of benzene rings is 2. The largest absolute Gasteiger partial charge is 0.505 e. The predicted molar refractivity (Wildman–Crippen MR) is 214 cm³/mol. The number of carbonyl (C=O) groups is 4. The summed E-state index contributed by atoms with van der Waals surface area (Å²) < 4.78 is 16.8. The number of aliphatic carboxylic acids is 2. The van der Waals surface area contributed by atoms with Crippen molar-refractivity contribution in [1.29, 1.82) is 0 Å². The Morgan fingerprint density at radius 3 is 1.62 bits per heavy atom.